The van der Waals surface area contributed by atoms with E-state index in [1.807, 2.05) is 0 Å². The minimum absolute atomic E-state index is 0.440. The van der Waals surface area contributed by atoms with Crippen LogP contribution < -0.4 is 4.90 Å². The van der Waals surface area contributed by atoms with Crippen LogP contribution in [0, 0.1) is 11.8 Å². The molecule has 122 valence electrons. The number of rotatable bonds is 4. The summed E-state index contributed by atoms with van der Waals surface area (Å²) in [5.74, 6) is 3.76. The smallest absolute Gasteiger partial charge is 0.208 e. The molecular weight excluding hydrogens is 290 g/mol. The highest BCUT2D eigenvalue weighted by Crippen LogP contribution is 2.34. The van der Waals surface area contributed by atoms with Crippen molar-refractivity contribution in [2.45, 2.75) is 26.3 Å². The highest BCUT2D eigenvalue weighted by molar-refractivity contribution is 5.41. The van der Waals surface area contributed by atoms with E-state index in [0.717, 1.165) is 50.1 Å². The van der Waals surface area contributed by atoms with E-state index in [9.17, 15) is 0 Å². The van der Waals surface area contributed by atoms with E-state index >= 15 is 0 Å². The molecule has 0 saturated carbocycles. The van der Waals surface area contributed by atoms with Crippen molar-refractivity contribution in [1.82, 2.24) is 19.9 Å². The fourth-order valence-corrected chi connectivity index (χ4v) is 3.78. The monoisotopic (exact) mass is 313 g/mol. The van der Waals surface area contributed by atoms with Crippen LogP contribution in [0.2, 0.25) is 0 Å². The SMILES string of the molecule is CC(C)c1cc(N2CC3CN(Cc4ncco4)CC3C2)ncn1. The van der Waals surface area contributed by atoms with Gasteiger partial charge in [-0.05, 0) is 17.8 Å². The lowest BCUT2D eigenvalue weighted by molar-refractivity contribution is 0.274. The van der Waals surface area contributed by atoms with Crippen molar-refractivity contribution in [1.29, 1.82) is 0 Å². The first kappa shape index (κ1) is 14.6. The predicted octanol–water partition coefficient (Wildman–Crippen LogP) is 2.16. The van der Waals surface area contributed by atoms with E-state index in [1.165, 1.54) is 0 Å². The van der Waals surface area contributed by atoms with E-state index < -0.39 is 0 Å². The summed E-state index contributed by atoms with van der Waals surface area (Å²) in [6, 6.07) is 2.15. The number of anilines is 1. The highest BCUT2D eigenvalue weighted by Gasteiger charge is 2.40. The second-order valence-corrected chi connectivity index (χ2v) is 7.00. The number of hydrogen-bond acceptors (Lipinski definition) is 6. The lowest BCUT2D eigenvalue weighted by Gasteiger charge is -2.22. The van der Waals surface area contributed by atoms with Gasteiger partial charge in [-0.2, -0.15) is 0 Å². The number of fused-ring (bicyclic) bond motifs is 1. The molecule has 2 unspecified atom stereocenters. The molecule has 2 saturated heterocycles. The van der Waals surface area contributed by atoms with Gasteiger partial charge in [-0.25, -0.2) is 15.0 Å². The van der Waals surface area contributed by atoms with Crippen molar-refractivity contribution >= 4 is 5.82 Å². The van der Waals surface area contributed by atoms with Gasteiger partial charge in [0.1, 0.15) is 18.4 Å². The Labute approximate surface area is 136 Å². The molecule has 0 spiro atoms. The predicted molar refractivity (Wildman–Crippen MR) is 87.1 cm³/mol. The van der Waals surface area contributed by atoms with Crippen molar-refractivity contribution in [3.8, 4) is 0 Å². The van der Waals surface area contributed by atoms with Crippen LogP contribution in [0.1, 0.15) is 31.4 Å². The highest BCUT2D eigenvalue weighted by atomic mass is 16.3. The van der Waals surface area contributed by atoms with E-state index in [4.69, 9.17) is 4.42 Å². The number of likely N-dealkylation sites (tertiary alicyclic amines) is 1. The molecule has 0 N–H and O–H groups in total. The summed E-state index contributed by atoms with van der Waals surface area (Å²) < 4.78 is 5.36. The topological polar surface area (TPSA) is 58.3 Å². The van der Waals surface area contributed by atoms with Gasteiger partial charge in [-0.15, -0.1) is 0 Å². The van der Waals surface area contributed by atoms with Crippen LogP contribution in [0.15, 0.2) is 29.3 Å². The van der Waals surface area contributed by atoms with Crippen LogP contribution in [0.4, 0.5) is 5.82 Å². The third-order valence-electron chi connectivity index (χ3n) is 4.99. The number of nitrogens with zero attached hydrogens (tertiary/aromatic N) is 5. The number of hydrogen-bond donors (Lipinski definition) is 0. The zero-order valence-corrected chi connectivity index (χ0v) is 13.7. The Morgan fingerprint density at radius 2 is 1.91 bits per heavy atom. The third kappa shape index (κ3) is 2.95. The Hall–Kier alpha value is -1.95. The first-order chi connectivity index (χ1) is 11.2. The van der Waals surface area contributed by atoms with Gasteiger partial charge in [0.2, 0.25) is 5.89 Å². The Balaban J connectivity index is 1.39. The lowest BCUT2D eigenvalue weighted by atomic mass is 10.0. The first-order valence-corrected chi connectivity index (χ1v) is 8.36. The molecule has 0 radical (unpaired) electrons. The molecule has 6 nitrogen and oxygen atoms in total. The van der Waals surface area contributed by atoms with Crippen molar-refractivity contribution in [3.05, 3.63) is 36.4 Å². The summed E-state index contributed by atoms with van der Waals surface area (Å²) in [5.41, 5.74) is 1.12. The maximum atomic E-state index is 5.36. The second-order valence-electron chi connectivity index (χ2n) is 7.00. The maximum Gasteiger partial charge on any atom is 0.208 e. The fraction of sp³-hybridized carbons (Fsp3) is 0.588. The van der Waals surface area contributed by atoms with Crippen LogP contribution in [0.3, 0.4) is 0 Å². The average Bonchev–Trinajstić information content (AvgIpc) is 3.24. The average molecular weight is 313 g/mol. The third-order valence-corrected chi connectivity index (χ3v) is 4.99. The molecule has 0 bridgehead atoms. The van der Waals surface area contributed by atoms with Crippen LogP contribution in [0.5, 0.6) is 0 Å². The Morgan fingerprint density at radius 1 is 1.13 bits per heavy atom. The zero-order valence-electron chi connectivity index (χ0n) is 13.7. The molecular formula is C17H23N5O. The molecule has 6 heteroatoms. The van der Waals surface area contributed by atoms with E-state index in [2.05, 4.69) is 44.7 Å². The van der Waals surface area contributed by atoms with Gasteiger partial charge < -0.3 is 9.32 Å². The molecule has 0 aromatic carbocycles. The molecule has 2 aromatic heterocycles. The van der Waals surface area contributed by atoms with E-state index in [1.54, 1.807) is 18.8 Å². The summed E-state index contributed by atoms with van der Waals surface area (Å²) in [4.78, 5) is 18.0. The summed E-state index contributed by atoms with van der Waals surface area (Å²) in [6.07, 6.45) is 5.07. The summed E-state index contributed by atoms with van der Waals surface area (Å²) >= 11 is 0. The summed E-state index contributed by atoms with van der Waals surface area (Å²) in [7, 11) is 0. The van der Waals surface area contributed by atoms with Crippen LogP contribution in [0.25, 0.3) is 0 Å². The molecule has 23 heavy (non-hydrogen) atoms. The zero-order chi connectivity index (χ0) is 15.8. The normalized spacial score (nSPS) is 24.6. The van der Waals surface area contributed by atoms with Crippen molar-refractivity contribution < 1.29 is 4.42 Å². The van der Waals surface area contributed by atoms with Crippen molar-refractivity contribution in [2.24, 2.45) is 11.8 Å². The molecule has 4 heterocycles. The second kappa shape index (κ2) is 5.92. The van der Waals surface area contributed by atoms with Crippen LogP contribution in [-0.2, 0) is 6.54 Å². The Kier molecular flexibility index (Phi) is 3.77. The van der Waals surface area contributed by atoms with E-state index in [0.29, 0.717) is 17.8 Å². The van der Waals surface area contributed by atoms with Crippen molar-refractivity contribution in [3.63, 3.8) is 0 Å². The van der Waals surface area contributed by atoms with Gasteiger partial charge in [0, 0.05) is 37.9 Å². The number of oxazole rings is 1. The standard InChI is InChI=1S/C17H23N5O/c1-12(2)15-5-16(20-11-19-15)22-8-13-6-21(7-14(13)9-22)10-17-18-3-4-23-17/h3-5,11-14H,6-10H2,1-2H3. The van der Waals surface area contributed by atoms with Crippen LogP contribution in [-0.4, -0.2) is 46.0 Å². The first-order valence-electron chi connectivity index (χ1n) is 8.36. The molecule has 2 aromatic rings. The molecule has 2 fully saturated rings. The minimum Gasteiger partial charge on any atom is -0.448 e. The van der Waals surface area contributed by atoms with Gasteiger partial charge in [-0.3, -0.25) is 4.90 Å². The Bertz CT molecular complexity index is 643. The van der Waals surface area contributed by atoms with Gasteiger partial charge >= 0.3 is 0 Å². The maximum absolute atomic E-state index is 5.36. The minimum atomic E-state index is 0.440. The fourth-order valence-electron chi connectivity index (χ4n) is 3.78. The van der Waals surface area contributed by atoms with E-state index in [-0.39, 0.29) is 0 Å². The molecule has 2 aliphatic rings. The largest absolute Gasteiger partial charge is 0.448 e. The molecule has 4 rings (SSSR count). The molecule has 0 aliphatic carbocycles. The lowest BCUT2D eigenvalue weighted by Crippen LogP contribution is -2.29. The van der Waals surface area contributed by atoms with Gasteiger partial charge in [0.25, 0.3) is 0 Å². The Morgan fingerprint density at radius 3 is 2.57 bits per heavy atom. The van der Waals surface area contributed by atoms with Crippen LogP contribution >= 0.6 is 0 Å². The number of aromatic nitrogens is 3. The molecule has 0 amide bonds. The van der Waals surface area contributed by atoms with Crippen molar-refractivity contribution in [2.75, 3.05) is 31.1 Å². The molecule has 2 atom stereocenters. The summed E-state index contributed by atoms with van der Waals surface area (Å²) in [6.45, 7) is 9.57. The quantitative estimate of drug-likeness (QED) is 0.862. The van der Waals surface area contributed by atoms with Gasteiger partial charge in [-0.1, -0.05) is 13.8 Å². The molecule has 2 aliphatic heterocycles. The van der Waals surface area contributed by atoms with Gasteiger partial charge in [0.15, 0.2) is 0 Å². The summed E-state index contributed by atoms with van der Waals surface area (Å²) in [5, 5.41) is 0. The van der Waals surface area contributed by atoms with Gasteiger partial charge in [0.05, 0.1) is 12.7 Å².